The van der Waals surface area contributed by atoms with E-state index in [1.54, 1.807) is 7.11 Å². The second-order valence-electron chi connectivity index (χ2n) is 5.09. The molecule has 2 unspecified atom stereocenters. The molecule has 0 fully saturated rings. The molecule has 0 radical (unpaired) electrons. The first kappa shape index (κ1) is 13.9. The van der Waals surface area contributed by atoms with Gasteiger partial charge in [0.05, 0.1) is 13.0 Å². The van der Waals surface area contributed by atoms with Crippen LogP contribution in [-0.2, 0) is 11.2 Å². The van der Waals surface area contributed by atoms with Gasteiger partial charge in [0.2, 0.25) is 0 Å². The van der Waals surface area contributed by atoms with Crippen LogP contribution in [0.15, 0.2) is 18.2 Å². The third-order valence-electron chi connectivity index (χ3n) is 4.02. The fraction of sp³-hybridized carbons (Fsp3) is 0.533. The van der Waals surface area contributed by atoms with Gasteiger partial charge in [0.1, 0.15) is 5.75 Å². The van der Waals surface area contributed by atoms with Gasteiger partial charge in [-0.15, -0.1) is 0 Å². The van der Waals surface area contributed by atoms with E-state index in [0.29, 0.717) is 6.42 Å². The molecule has 104 valence electrons. The Morgan fingerprint density at radius 1 is 1.58 bits per heavy atom. The number of aliphatic carboxylic acids is 1. The van der Waals surface area contributed by atoms with E-state index in [1.807, 2.05) is 26.1 Å². The summed E-state index contributed by atoms with van der Waals surface area (Å²) in [6.07, 6.45) is 1.59. The molecule has 4 heteroatoms. The molecular formula is C15H21NO3. The zero-order valence-electron chi connectivity index (χ0n) is 11.7. The highest BCUT2D eigenvalue weighted by Crippen LogP contribution is 2.37. The third kappa shape index (κ3) is 2.59. The highest BCUT2D eigenvalue weighted by atomic mass is 16.5. The minimum absolute atomic E-state index is 0.0682. The molecule has 0 saturated heterocycles. The lowest BCUT2D eigenvalue weighted by atomic mass is 9.83. The van der Waals surface area contributed by atoms with Crippen LogP contribution in [0, 0.1) is 5.92 Å². The van der Waals surface area contributed by atoms with Crippen molar-refractivity contribution in [3.63, 3.8) is 0 Å². The Morgan fingerprint density at radius 2 is 2.32 bits per heavy atom. The first-order valence-electron chi connectivity index (χ1n) is 6.68. The van der Waals surface area contributed by atoms with Crippen LogP contribution in [0.5, 0.6) is 5.75 Å². The van der Waals surface area contributed by atoms with Crippen molar-refractivity contribution in [3.8, 4) is 5.75 Å². The number of carboxylic acid groups (broad SMARTS) is 1. The van der Waals surface area contributed by atoms with E-state index in [9.17, 15) is 9.90 Å². The Balaban J connectivity index is 2.46. The molecule has 0 spiro atoms. The molecule has 0 amide bonds. The average molecular weight is 263 g/mol. The Hall–Kier alpha value is -1.55. The zero-order valence-corrected chi connectivity index (χ0v) is 11.7. The molecule has 0 bridgehead atoms. The maximum absolute atomic E-state index is 11.5. The molecule has 1 aromatic carbocycles. The Morgan fingerprint density at radius 3 is 2.89 bits per heavy atom. The second-order valence-corrected chi connectivity index (χ2v) is 5.09. The summed E-state index contributed by atoms with van der Waals surface area (Å²) in [6, 6.07) is 5.92. The van der Waals surface area contributed by atoms with Gasteiger partial charge >= 0.3 is 5.97 Å². The number of carboxylic acids is 1. The number of ether oxygens (including phenoxy) is 1. The molecule has 2 atom stereocenters. The smallest absolute Gasteiger partial charge is 0.308 e. The monoisotopic (exact) mass is 263 g/mol. The zero-order chi connectivity index (χ0) is 14.0. The van der Waals surface area contributed by atoms with Crippen molar-refractivity contribution in [3.05, 3.63) is 29.3 Å². The van der Waals surface area contributed by atoms with Crippen molar-refractivity contribution in [1.82, 2.24) is 4.90 Å². The fourth-order valence-electron chi connectivity index (χ4n) is 2.93. The minimum atomic E-state index is -0.727. The number of hydrogen-bond acceptors (Lipinski definition) is 3. The van der Waals surface area contributed by atoms with Crippen molar-refractivity contribution in [2.75, 3.05) is 20.7 Å². The molecular weight excluding hydrogens is 242 g/mol. The molecule has 4 nitrogen and oxygen atoms in total. The summed E-state index contributed by atoms with van der Waals surface area (Å²) in [5, 5.41) is 9.44. The number of benzene rings is 1. The van der Waals surface area contributed by atoms with Gasteiger partial charge in [0.15, 0.2) is 0 Å². The normalized spacial score (nSPS) is 20.7. The lowest BCUT2D eigenvalue weighted by Crippen LogP contribution is -2.39. The van der Waals surface area contributed by atoms with Crippen molar-refractivity contribution in [2.45, 2.75) is 25.8 Å². The largest absolute Gasteiger partial charge is 0.497 e. The van der Waals surface area contributed by atoms with Crippen molar-refractivity contribution < 1.29 is 14.6 Å². The quantitative estimate of drug-likeness (QED) is 0.906. The van der Waals surface area contributed by atoms with E-state index >= 15 is 0 Å². The van der Waals surface area contributed by atoms with Gasteiger partial charge < -0.3 is 9.84 Å². The predicted molar refractivity (Wildman–Crippen MR) is 73.5 cm³/mol. The van der Waals surface area contributed by atoms with Crippen molar-refractivity contribution in [2.24, 2.45) is 5.92 Å². The molecule has 0 aromatic heterocycles. The van der Waals surface area contributed by atoms with Gasteiger partial charge in [0, 0.05) is 12.6 Å². The highest BCUT2D eigenvalue weighted by molar-refractivity contribution is 5.71. The van der Waals surface area contributed by atoms with Crippen LogP contribution >= 0.6 is 0 Å². The van der Waals surface area contributed by atoms with Gasteiger partial charge in [-0.3, -0.25) is 9.69 Å². The maximum atomic E-state index is 11.5. The first-order valence-corrected chi connectivity index (χ1v) is 6.68. The average Bonchev–Trinajstić information content (AvgIpc) is 2.41. The molecule has 2 rings (SSSR count). The standard InChI is InChI=1S/C15H21NO3/c1-4-12(15(17)18)14-13-9-11(19-3)6-5-10(13)7-8-16(14)2/h5-6,9,12,14H,4,7-8H2,1-3H3,(H,17,18). The van der Waals surface area contributed by atoms with Crippen LogP contribution in [0.3, 0.4) is 0 Å². The molecule has 1 aliphatic heterocycles. The Kier molecular flexibility index (Phi) is 4.10. The van der Waals surface area contributed by atoms with Crippen LogP contribution in [0.4, 0.5) is 0 Å². The lowest BCUT2D eigenvalue weighted by molar-refractivity contribution is -0.144. The van der Waals surface area contributed by atoms with E-state index in [2.05, 4.69) is 11.0 Å². The topological polar surface area (TPSA) is 49.8 Å². The summed E-state index contributed by atoms with van der Waals surface area (Å²) >= 11 is 0. The minimum Gasteiger partial charge on any atom is -0.497 e. The molecule has 1 heterocycles. The van der Waals surface area contributed by atoms with Gasteiger partial charge in [-0.2, -0.15) is 0 Å². The van der Waals surface area contributed by atoms with Gasteiger partial charge in [-0.25, -0.2) is 0 Å². The van der Waals surface area contributed by atoms with Gasteiger partial charge in [0.25, 0.3) is 0 Å². The van der Waals surface area contributed by atoms with Crippen LogP contribution in [-0.4, -0.2) is 36.7 Å². The number of nitrogens with zero attached hydrogens (tertiary/aromatic N) is 1. The number of hydrogen-bond donors (Lipinski definition) is 1. The summed E-state index contributed by atoms with van der Waals surface area (Å²) in [4.78, 5) is 13.6. The second kappa shape index (κ2) is 5.61. The molecule has 0 saturated carbocycles. The SMILES string of the molecule is CCC(C(=O)O)C1c2cc(OC)ccc2CCN1C. The third-order valence-corrected chi connectivity index (χ3v) is 4.02. The molecule has 19 heavy (non-hydrogen) atoms. The molecule has 1 aliphatic rings. The number of likely N-dealkylation sites (N-methyl/N-ethyl adjacent to an activating group) is 1. The Labute approximate surface area is 114 Å². The van der Waals surface area contributed by atoms with Crippen LogP contribution < -0.4 is 4.74 Å². The number of carbonyl (C=O) groups is 1. The summed E-state index contributed by atoms with van der Waals surface area (Å²) < 4.78 is 5.27. The van der Waals surface area contributed by atoms with Crippen molar-refractivity contribution in [1.29, 1.82) is 0 Å². The van der Waals surface area contributed by atoms with E-state index in [-0.39, 0.29) is 12.0 Å². The van der Waals surface area contributed by atoms with E-state index < -0.39 is 5.97 Å². The molecule has 1 N–H and O–H groups in total. The predicted octanol–water partition coefficient (Wildman–Crippen LogP) is 2.33. The van der Waals surface area contributed by atoms with Crippen molar-refractivity contribution >= 4 is 5.97 Å². The van der Waals surface area contributed by atoms with E-state index in [4.69, 9.17) is 4.74 Å². The number of rotatable bonds is 4. The molecule has 1 aromatic rings. The summed E-state index contributed by atoms with van der Waals surface area (Å²) in [6.45, 7) is 2.83. The first-order chi connectivity index (χ1) is 9.08. The van der Waals surface area contributed by atoms with Crippen LogP contribution in [0.25, 0.3) is 0 Å². The van der Waals surface area contributed by atoms with E-state index in [0.717, 1.165) is 24.3 Å². The highest BCUT2D eigenvalue weighted by Gasteiger charge is 2.35. The number of fused-ring (bicyclic) bond motifs is 1. The van der Waals surface area contributed by atoms with Crippen LogP contribution in [0.1, 0.15) is 30.5 Å². The lowest BCUT2D eigenvalue weighted by Gasteiger charge is -2.38. The van der Waals surface area contributed by atoms with Gasteiger partial charge in [-0.1, -0.05) is 13.0 Å². The van der Waals surface area contributed by atoms with Gasteiger partial charge in [-0.05, 0) is 43.1 Å². The maximum Gasteiger partial charge on any atom is 0.308 e. The molecule has 0 aliphatic carbocycles. The summed E-state index contributed by atoms with van der Waals surface area (Å²) in [5.74, 6) is -0.314. The van der Waals surface area contributed by atoms with Crippen LogP contribution in [0.2, 0.25) is 0 Å². The number of methoxy groups -OCH3 is 1. The Bertz CT molecular complexity index is 472. The summed E-state index contributed by atoms with van der Waals surface area (Å²) in [5.41, 5.74) is 2.34. The fourth-order valence-corrected chi connectivity index (χ4v) is 2.93. The van der Waals surface area contributed by atoms with E-state index in [1.165, 1.54) is 5.56 Å². The summed E-state index contributed by atoms with van der Waals surface area (Å²) in [7, 11) is 3.64.